The third-order valence-corrected chi connectivity index (χ3v) is 6.19. The molecular weight excluding hydrogens is 498 g/mol. The molecule has 2 N–H and O–H groups in total. The molecule has 0 saturated carbocycles. The molecule has 0 fully saturated rings. The van der Waals surface area contributed by atoms with E-state index in [1.165, 1.54) is 4.90 Å². The summed E-state index contributed by atoms with van der Waals surface area (Å²) >= 11 is 4.35. The third kappa shape index (κ3) is 8.12. The maximum atomic E-state index is 14.1. The number of amides is 3. The lowest BCUT2D eigenvalue weighted by Crippen LogP contribution is -2.58. The van der Waals surface area contributed by atoms with E-state index in [0.717, 1.165) is 16.7 Å². The number of rotatable bonds is 8. The molecule has 38 heavy (non-hydrogen) atoms. The Hall–Kier alpha value is -3.26. The summed E-state index contributed by atoms with van der Waals surface area (Å²) in [7, 11) is 0. The number of benzene rings is 2. The molecule has 2 aromatic carbocycles. The summed E-state index contributed by atoms with van der Waals surface area (Å²) < 4.78 is 5.37. The van der Waals surface area contributed by atoms with Crippen molar-refractivity contribution < 1.29 is 19.1 Å². The Bertz CT molecular complexity index is 1160. The zero-order valence-electron chi connectivity index (χ0n) is 23.7. The quantitative estimate of drug-likeness (QED) is 0.355. The molecule has 0 heterocycles. The van der Waals surface area contributed by atoms with Crippen LogP contribution in [0.3, 0.4) is 0 Å². The Morgan fingerprint density at radius 3 is 2.11 bits per heavy atom. The van der Waals surface area contributed by atoms with Crippen LogP contribution in [0, 0.1) is 13.8 Å². The van der Waals surface area contributed by atoms with E-state index >= 15 is 0 Å². The fraction of sp³-hybridized carbons (Fsp3) is 0.433. The number of hydrogen-bond donors (Lipinski definition) is 3. The number of ether oxygens (including phenoxy) is 1. The molecule has 2 atom stereocenters. The van der Waals surface area contributed by atoms with Crippen molar-refractivity contribution in [3.8, 4) is 0 Å². The van der Waals surface area contributed by atoms with Gasteiger partial charge in [0.2, 0.25) is 5.91 Å². The first-order valence-corrected chi connectivity index (χ1v) is 13.2. The minimum absolute atomic E-state index is 0.0165. The molecule has 0 aliphatic rings. The topological polar surface area (TPSA) is 87.7 Å². The summed E-state index contributed by atoms with van der Waals surface area (Å²) in [5.74, 6) is -0.811. The normalized spacial score (nSPS) is 13.2. The molecule has 2 unspecified atom stereocenters. The van der Waals surface area contributed by atoms with Crippen LogP contribution in [-0.2, 0) is 14.3 Å². The maximum absolute atomic E-state index is 14.1. The van der Waals surface area contributed by atoms with Crippen molar-refractivity contribution in [1.82, 2.24) is 10.2 Å². The van der Waals surface area contributed by atoms with Gasteiger partial charge in [-0.3, -0.25) is 9.59 Å². The Balaban J connectivity index is 2.61. The summed E-state index contributed by atoms with van der Waals surface area (Å²) in [6.45, 7) is 18.5. The summed E-state index contributed by atoms with van der Waals surface area (Å²) in [6.07, 6.45) is 0.956. The van der Waals surface area contributed by atoms with Crippen LogP contribution >= 0.6 is 12.6 Å². The predicted octanol–water partition coefficient (Wildman–Crippen LogP) is 6.08. The van der Waals surface area contributed by atoms with Gasteiger partial charge in [0, 0.05) is 17.0 Å². The average molecular weight is 540 g/mol. The molecule has 0 aromatic heterocycles. The number of thiol groups is 1. The van der Waals surface area contributed by atoms with Gasteiger partial charge in [-0.15, -0.1) is 0 Å². The first-order chi connectivity index (χ1) is 17.6. The number of anilines is 1. The highest BCUT2D eigenvalue weighted by atomic mass is 32.1. The fourth-order valence-electron chi connectivity index (χ4n) is 4.13. The first-order valence-electron chi connectivity index (χ1n) is 12.6. The van der Waals surface area contributed by atoms with Crippen LogP contribution in [0.15, 0.2) is 49.0 Å². The third-order valence-electron chi connectivity index (χ3n) is 5.83. The van der Waals surface area contributed by atoms with Crippen molar-refractivity contribution in [3.63, 3.8) is 0 Å². The average Bonchev–Trinajstić information content (AvgIpc) is 2.80. The summed E-state index contributed by atoms with van der Waals surface area (Å²) in [5, 5.41) is 5.70. The van der Waals surface area contributed by atoms with E-state index in [2.05, 4.69) is 29.8 Å². The Morgan fingerprint density at radius 2 is 1.61 bits per heavy atom. The number of carbonyl (C=O) groups excluding carboxylic acids is 3. The summed E-state index contributed by atoms with van der Waals surface area (Å²) in [6, 6.07) is 11.1. The SMILES string of the molecule is C=Cc1cccc(C(C(=O)Nc2c(C)cccc2C)N(C(=O)C(CS)NC(=O)OC(C)(C)C)C(C)(C)C)c1. The van der Waals surface area contributed by atoms with Crippen molar-refractivity contribution in [2.45, 2.75) is 78.6 Å². The molecule has 206 valence electrons. The van der Waals surface area contributed by atoms with Crippen LogP contribution in [0.25, 0.3) is 6.08 Å². The van der Waals surface area contributed by atoms with E-state index in [0.29, 0.717) is 11.3 Å². The van der Waals surface area contributed by atoms with Gasteiger partial charge in [-0.1, -0.05) is 49.1 Å². The number of nitrogens with one attached hydrogen (secondary N) is 2. The maximum Gasteiger partial charge on any atom is 0.408 e. The highest BCUT2D eigenvalue weighted by Crippen LogP contribution is 2.32. The van der Waals surface area contributed by atoms with Gasteiger partial charge in [-0.2, -0.15) is 12.6 Å². The zero-order chi connectivity index (χ0) is 28.8. The Labute approximate surface area is 232 Å². The van der Waals surface area contributed by atoms with Crippen LogP contribution in [0.1, 0.15) is 69.8 Å². The molecule has 0 aliphatic carbocycles. The summed E-state index contributed by atoms with van der Waals surface area (Å²) in [4.78, 5) is 42.2. The van der Waals surface area contributed by atoms with E-state index < -0.39 is 35.2 Å². The van der Waals surface area contributed by atoms with Gasteiger partial charge in [0.1, 0.15) is 17.7 Å². The second-order valence-electron chi connectivity index (χ2n) is 11.3. The van der Waals surface area contributed by atoms with Crippen LogP contribution < -0.4 is 10.6 Å². The molecule has 3 amide bonds. The molecule has 7 nitrogen and oxygen atoms in total. The van der Waals surface area contributed by atoms with E-state index in [1.54, 1.807) is 26.8 Å². The van der Waals surface area contributed by atoms with E-state index in [4.69, 9.17) is 4.74 Å². The van der Waals surface area contributed by atoms with Gasteiger partial charge in [0.05, 0.1) is 0 Å². The highest BCUT2D eigenvalue weighted by molar-refractivity contribution is 7.80. The molecule has 2 rings (SSSR count). The lowest BCUT2D eigenvalue weighted by atomic mass is 9.94. The number of aryl methyl sites for hydroxylation is 2. The lowest BCUT2D eigenvalue weighted by molar-refractivity contribution is -0.146. The van der Waals surface area contributed by atoms with Gasteiger partial charge in [-0.25, -0.2) is 4.79 Å². The molecule has 0 spiro atoms. The minimum atomic E-state index is -1.02. The van der Waals surface area contributed by atoms with Crippen LogP contribution in [0.5, 0.6) is 0 Å². The van der Waals surface area contributed by atoms with E-state index in [-0.39, 0.29) is 11.7 Å². The number of hydrogen-bond acceptors (Lipinski definition) is 5. The molecule has 0 radical (unpaired) electrons. The Kier molecular flexibility index (Phi) is 10.2. The van der Waals surface area contributed by atoms with Crippen molar-refractivity contribution >= 4 is 42.3 Å². The van der Waals surface area contributed by atoms with Gasteiger partial charge < -0.3 is 20.3 Å². The monoisotopic (exact) mass is 539 g/mol. The smallest absolute Gasteiger partial charge is 0.408 e. The molecule has 0 saturated heterocycles. The van der Waals surface area contributed by atoms with Crippen LogP contribution in [-0.4, -0.2) is 45.7 Å². The number of para-hydroxylation sites is 1. The van der Waals surface area contributed by atoms with Gasteiger partial charge >= 0.3 is 6.09 Å². The van der Waals surface area contributed by atoms with E-state index in [9.17, 15) is 14.4 Å². The van der Waals surface area contributed by atoms with Crippen molar-refractivity contribution in [1.29, 1.82) is 0 Å². The zero-order valence-corrected chi connectivity index (χ0v) is 24.6. The molecular formula is C30H41N3O4S. The first kappa shape index (κ1) is 31.0. The van der Waals surface area contributed by atoms with Crippen LogP contribution in [0.2, 0.25) is 0 Å². The van der Waals surface area contributed by atoms with Crippen molar-refractivity contribution in [2.24, 2.45) is 0 Å². The van der Waals surface area contributed by atoms with Crippen molar-refractivity contribution in [2.75, 3.05) is 11.1 Å². The standard InChI is InChI=1S/C30H41N3O4S/c1-10-21-15-12-16-22(17-21)25(26(34)32-24-19(2)13-11-14-20(24)3)33(29(4,5)6)27(35)23(18-38)31-28(36)37-30(7,8)9/h10-17,23,25,38H,1,18H2,2-9H3,(H,31,36)(H,32,34). The fourth-order valence-corrected chi connectivity index (χ4v) is 4.37. The summed E-state index contributed by atoms with van der Waals surface area (Å²) in [5.41, 5.74) is 2.39. The van der Waals surface area contributed by atoms with Gasteiger partial charge in [0.25, 0.3) is 5.91 Å². The van der Waals surface area contributed by atoms with Crippen LogP contribution in [0.4, 0.5) is 10.5 Å². The molecule has 0 aliphatic heterocycles. The molecule has 0 bridgehead atoms. The lowest BCUT2D eigenvalue weighted by Gasteiger charge is -2.43. The Morgan fingerprint density at radius 1 is 1.03 bits per heavy atom. The molecule has 2 aromatic rings. The highest BCUT2D eigenvalue weighted by Gasteiger charge is 2.41. The van der Waals surface area contributed by atoms with E-state index in [1.807, 2.05) is 77.1 Å². The number of nitrogens with zero attached hydrogens (tertiary/aromatic N) is 1. The minimum Gasteiger partial charge on any atom is -0.444 e. The second kappa shape index (κ2) is 12.5. The van der Waals surface area contributed by atoms with Crippen molar-refractivity contribution in [3.05, 3.63) is 71.3 Å². The molecule has 8 heteroatoms. The number of alkyl carbamates (subject to hydrolysis) is 1. The number of carbonyl (C=O) groups is 3. The second-order valence-corrected chi connectivity index (χ2v) is 11.7. The van der Waals surface area contributed by atoms with Gasteiger partial charge in [-0.05, 0) is 83.7 Å². The van der Waals surface area contributed by atoms with Gasteiger partial charge in [0.15, 0.2) is 0 Å². The largest absolute Gasteiger partial charge is 0.444 e. The predicted molar refractivity (Wildman–Crippen MR) is 157 cm³/mol.